The van der Waals surface area contributed by atoms with Crippen molar-refractivity contribution in [3.63, 3.8) is 0 Å². The summed E-state index contributed by atoms with van der Waals surface area (Å²) in [5.74, 6) is 1.31. The Hall–Kier alpha value is -2.56. The zero-order valence-electron chi connectivity index (χ0n) is 13.5. The van der Waals surface area contributed by atoms with Crippen LogP contribution in [0, 0.1) is 0 Å². The van der Waals surface area contributed by atoms with E-state index < -0.39 is 0 Å². The summed E-state index contributed by atoms with van der Waals surface area (Å²) in [4.78, 5) is 8.55. The van der Waals surface area contributed by atoms with Crippen molar-refractivity contribution in [3.05, 3.63) is 59.9 Å². The first kappa shape index (κ1) is 16.8. The third-order valence-electron chi connectivity index (χ3n) is 3.30. The number of ether oxygens (including phenoxy) is 1. The van der Waals surface area contributed by atoms with Gasteiger partial charge in [0.2, 0.25) is 0 Å². The number of benzene rings is 1. The van der Waals surface area contributed by atoms with E-state index in [1.165, 1.54) is 0 Å². The SMILES string of the molecule is CCCCNC(N)=NCc1ccc(OCc2ccccn2)cc1. The highest BCUT2D eigenvalue weighted by Crippen LogP contribution is 2.14. The molecule has 0 atom stereocenters. The van der Waals surface area contributed by atoms with Gasteiger partial charge in [-0.05, 0) is 36.2 Å². The van der Waals surface area contributed by atoms with Gasteiger partial charge in [0.15, 0.2) is 5.96 Å². The molecule has 23 heavy (non-hydrogen) atoms. The largest absolute Gasteiger partial charge is 0.487 e. The molecule has 0 saturated heterocycles. The standard InChI is InChI=1S/C18H24N4O/c1-2-3-11-21-18(19)22-13-15-7-9-17(10-8-15)23-14-16-6-4-5-12-20-16/h4-10,12H,2-3,11,13-14H2,1H3,(H3,19,21,22). The summed E-state index contributed by atoms with van der Waals surface area (Å²) in [5.41, 5.74) is 7.81. The molecule has 0 amide bonds. The molecule has 0 radical (unpaired) electrons. The maximum Gasteiger partial charge on any atom is 0.188 e. The quantitative estimate of drug-likeness (QED) is 0.446. The van der Waals surface area contributed by atoms with Gasteiger partial charge in [-0.15, -0.1) is 0 Å². The number of aromatic nitrogens is 1. The smallest absolute Gasteiger partial charge is 0.188 e. The van der Waals surface area contributed by atoms with Gasteiger partial charge in [0.05, 0.1) is 12.2 Å². The number of nitrogens with one attached hydrogen (secondary N) is 1. The van der Waals surface area contributed by atoms with Gasteiger partial charge in [0, 0.05) is 12.7 Å². The zero-order chi connectivity index (χ0) is 16.3. The van der Waals surface area contributed by atoms with Crippen molar-refractivity contribution in [2.24, 2.45) is 10.7 Å². The van der Waals surface area contributed by atoms with Gasteiger partial charge in [-0.1, -0.05) is 31.5 Å². The van der Waals surface area contributed by atoms with Crippen molar-refractivity contribution in [1.29, 1.82) is 0 Å². The van der Waals surface area contributed by atoms with E-state index in [0.717, 1.165) is 36.4 Å². The lowest BCUT2D eigenvalue weighted by Gasteiger charge is -2.07. The van der Waals surface area contributed by atoms with Crippen molar-refractivity contribution < 1.29 is 4.74 Å². The van der Waals surface area contributed by atoms with Crippen LogP contribution in [-0.2, 0) is 13.2 Å². The molecule has 0 aliphatic carbocycles. The Morgan fingerprint density at radius 3 is 2.74 bits per heavy atom. The Morgan fingerprint density at radius 2 is 2.04 bits per heavy atom. The van der Waals surface area contributed by atoms with Crippen LogP contribution in [0.25, 0.3) is 0 Å². The lowest BCUT2D eigenvalue weighted by Crippen LogP contribution is -2.32. The van der Waals surface area contributed by atoms with E-state index in [1.807, 2.05) is 42.5 Å². The second-order valence-corrected chi connectivity index (χ2v) is 5.24. The third-order valence-corrected chi connectivity index (χ3v) is 3.30. The highest BCUT2D eigenvalue weighted by atomic mass is 16.5. The Kier molecular flexibility index (Phi) is 6.91. The number of hydrogen-bond donors (Lipinski definition) is 2. The fraction of sp³-hybridized carbons (Fsp3) is 0.333. The van der Waals surface area contributed by atoms with Gasteiger partial charge in [-0.25, -0.2) is 4.99 Å². The van der Waals surface area contributed by atoms with Crippen molar-refractivity contribution in [2.45, 2.75) is 32.9 Å². The first-order valence-electron chi connectivity index (χ1n) is 7.93. The minimum atomic E-state index is 0.465. The Labute approximate surface area is 137 Å². The topological polar surface area (TPSA) is 72.5 Å². The number of rotatable bonds is 8. The number of hydrogen-bond acceptors (Lipinski definition) is 3. The Morgan fingerprint density at radius 1 is 1.22 bits per heavy atom. The summed E-state index contributed by atoms with van der Waals surface area (Å²) in [5, 5.41) is 3.10. The second kappa shape index (κ2) is 9.46. The summed E-state index contributed by atoms with van der Waals surface area (Å²) in [6.07, 6.45) is 4.00. The summed E-state index contributed by atoms with van der Waals surface area (Å²) < 4.78 is 5.70. The Balaban J connectivity index is 1.79. The fourth-order valence-corrected chi connectivity index (χ4v) is 1.96. The fourth-order valence-electron chi connectivity index (χ4n) is 1.96. The van der Waals surface area contributed by atoms with E-state index in [2.05, 4.69) is 22.2 Å². The predicted octanol–water partition coefficient (Wildman–Crippen LogP) is 2.87. The van der Waals surface area contributed by atoms with Gasteiger partial charge in [-0.3, -0.25) is 4.98 Å². The molecule has 2 rings (SSSR count). The average Bonchev–Trinajstić information content (AvgIpc) is 2.60. The molecular formula is C18H24N4O. The van der Waals surface area contributed by atoms with Crippen LogP contribution in [0.1, 0.15) is 31.0 Å². The van der Waals surface area contributed by atoms with Crippen LogP contribution in [0.15, 0.2) is 53.7 Å². The van der Waals surface area contributed by atoms with Gasteiger partial charge >= 0.3 is 0 Å². The van der Waals surface area contributed by atoms with Crippen molar-refractivity contribution in [2.75, 3.05) is 6.54 Å². The molecule has 1 aromatic heterocycles. The number of pyridine rings is 1. The molecule has 3 N–H and O–H groups in total. The van der Waals surface area contributed by atoms with Gasteiger partial charge in [0.1, 0.15) is 12.4 Å². The molecule has 0 bridgehead atoms. The molecule has 0 saturated carbocycles. The van der Waals surface area contributed by atoms with Crippen LogP contribution in [0.4, 0.5) is 0 Å². The van der Waals surface area contributed by atoms with E-state index in [9.17, 15) is 0 Å². The molecule has 5 nitrogen and oxygen atoms in total. The van der Waals surface area contributed by atoms with Gasteiger partial charge in [-0.2, -0.15) is 0 Å². The van der Waals surface area contributed by atoms with Crippen LogP contribution in [-0.4, -0.2) is 17.5 Å². The van der Waals surface area contributed by atoms with Crippen LogP contribution in [0.5, 0.6) is 5.75 Å². The van der Waals surface area contributed by atoms with Crippen molar-refractivity contribution in [1.82, 2.24) is 10.3 Å². The van der Waals surface area contributed by atoms with Crippen LogP contribution in [0.2, 0.25) is 0 Å². The van der Waals surface area contributed by atoms with Gasteiger partial charge < -0.3 is 15.8 Å². The minimum absolute atomic E-state index is 0.465. The molecule has 0 unspecified atom stereocenters. The van der Waals surface area contributed by atoms with E-state index in [4.69, 9.17) is 10.5 Å². The first-order valence-corrected chi connectivity index (χ1v) is 7.93. The van der Waals surface area contributed by atoms with Crippen LogP contribution in [0.3, 0.4) is 0 Å². The number of nitrogens with zero attached hydrogens (tertiary/aromatic N) is 2. The Bertz CT molecular complexity index is 596. The normalized spacial score (nSPS) is 11.3. The first-order chi connectivity index (χ1) is 11.3. The van der Waals surface area contributed by atoms with Crippen LogP contribution >= 0.6 is 0 Å². The third kappa shape index (κ3) is 6.38. The van der Waals surface area contributed by atoms with Crippen LogP contribution < -0.4 is 15.8 Å². The summed E-state index contributed by atoms with van der Waals surface area (Å²) in [6, 6.07) is 13.7. The van der Waals surface area contributed by atoms with E-state index >= 15 is 0 Å². The van der Waals surface area contributed by atoms with Crippen molar-refractivity contribution >= 4 is 5.96 Å². The highest BCUT2D eigenvalue weighted by Gasteiger charge is 1.98. The average molecular weight is 312 g/mol. The summed E-state index contributed by atoms with van der Waals surface area (Å²) in [7, 11) is 0. The molecule has 1 heterocycles. The predicted molar refractivity (Wildman–Crippen MR) is 93.2 cm³/mol. The highest BCUT2D eigenvalue weighted by molar-refractivity contribution is 5.77. The second-order valence-electron chi connectivity index (χ2n) is 5.24. The number of nitrogens with two attached hydrogens (primary N) is 1. The lowest BCUT2D eigenvalue weighted by atomic mass is 10.2. The molecule has 0 fully saturated rings. The van der Waals surface area contributed by atoms with Gasteiger partial charge in [0.25, 0.3) is 0 Å². The summed E-state index contributed by atoms with van der Waals surface area (Å²) in [6.45, 7) is 4.04. The maximum atomic E-state index is 5.81. The molecule has 0 aliphatic heterocycles. The number of unbranched alkanes of at least 4 members (excludes halogenated alkanes) is 1. The van der Waals surface area contributed by atoms with E-state index in [-0.39, 0.29) is 0 Å². The van der Waals surface area contributed by atoms with Crippen molar-refractivity contribution in [3.8, 4) is 5.75 Å². The molecule has 2 aromatic rings. The summed E-state index contributed by atoms with van der Waals surface area (Å²) >= 11 is 0. The number of aliphatic imine (C=N–C) groups is 1. The zero-order valence-corrected chi connectivity index (χ0v) is 13.5. The molecule has 5 heteroatoms. The maximum absolute atomic E-state index is 5.81. The molecule has 0 aliphatic rings. The monoisotopic (exact) mass is 312 g/mol. The lowest BCUT2D eigenvalue weighted by molar-refractivity contribution is 0.301. The minimum Gasteiger partial charge on any atom is -0.487 e. The van der Waals surface area contributed by atoms with E-state index in [1.54, 1.807) is 6.20 Å². The number of guanidine groups is 1. The molecular weight excluding hydrogens is 288 g/mol. The molecule has 1 aromatic carbocycles. The van der Waals surface area contributed by atoms with E-state index in [0.29, 0.717) is 19.1 Å². The molecule has 122 valence electrons. The molecule has 0 spiro atoms.